The van der Waals surface area contributed by atoms with Crippen molar-refractivity contribution in [2.45, 2.75) is 36.7 Å². The number of sulfonamides is 1. The van der Waals surface area contributed by atoms with Gasteiger partial charge in [0.25, 0.3) is 0 Å². The maximum atomic E-state index is 11.5. The molecule has 2 heterocycles. The fourth-order valence-electron chi connectivity index (χ4n) is 2.99. The number of ether oxygens (including phenoxy) is 1. The number of anilines is 1. The van der Waals surface area contributed by atoms with Crippen LogP contribution in [0.2, 0.25) is 0 Å². The molecule has 3 rings (SSSR count). The predicted octanol–water partition coefficient (Wildman–Crippen LogP) is 1.27. The quantitative estimate of drug-likeness (QED) is 0.911. The van der Waals surface area contributed by atoms with E-state index in [2.05, 4.69) is 4.90 Å². The molecular weight excluding hydrogens is 276 g/mol. The lowest BCUT2D eigenvalue weighted by molar-refractivity contribution is 0.0212. The third kappa shape index (κ3) is 2.82. The lowest BCUT2D eigenvalue weighted by Gasteiger charge is -2.29. The summed E-state index contributed by atoms with van der Waals surface area (Å²) in [6.45, 7) is 2.59. The Bertz CT molecular complexity index is 594. The standard InChI is InChI=1S/C14H20N2O3S/c15-20(17,18)13-5-4-11-6-7-16(14(11)9-13)10-12-3-1-2-8-19-12/h4-5,9,12H,1-3,6-8,10H2,(H2,15,17,18). The molecular formula is C14H20N2O3S. The van der Waals surface area contributed by atoms with Gasteiger partial charge in [-0.15, -0.1) is 0 Å². The molecule has 1 aromatic rings. The Balaban J connectivity index is 1.81. The largest absolute Gasteiger partial charge is 0.376 e. The predicted molar refractivity (Wildman–Crippen MR) is 77.3 cm³/mol. The van der Waals surface area contributed by atoms with Gasteiger partial charge in [-0.2, -0.15) is 0 Å². The Hall–Kier alpha value is -1.11. The number of hydrogen-bond donors (Lipinski definition) is 1. The van der Waals surface area contributed by atoms with Crippen LogP contribution >= 0.6 is 0 Å². The number of benzene rings is 1. The van der Waals surface area contributed by atoms with Gasteiger partial charge < -0.3 is 9.64 Å². The van der Waals surface area contributed by atoms with Crippen LogP contribution in [-0.2, 0) is 21.2 Å². The average Bonchev–Trinajstić information content (AvgIpc) is 2.82. The molecule has 2 aliphatic rings. The van der Waals surface area contributed by atoms with Crippen LogP contribution in [0.15, 0.2) is 23.1 Å². The first-order valence-corrected chi connectivity index (χ1v) is 8.61. The molecule has 20 heavy (non-hydrogen) atoms. The average molecular weight is 296 g/mol. The van der Waals surface area contributed by atoms with Crippen LogP contribution in [0.25, 0.3) is 0 Å². The van der Waals surface area contributed by atoms with Gasteiger partial charge in [-0.05, 0) is 43.4 Å². The summed E-state index contributed by atoms with van der Waals surface area (Å²) in [5, 5.41) is 5.21. The van der Waals surface area contributed by atoms with Crippen LogP contribution in [0.3, 0.4) is 0 Å². The highest BCUT2D eigenvalue weighted by Gasteiger charge is 2.25. The van der Waals surface area contributed by atoms with Crippen molar-refractivity contribution >= 4 is 15.7 Å². The molecule has 1 saturated heterocycles. The van der Waals surface area contributed by atoms with Crippen molar-refractivity contribution in [3.63, 3.8) is 0 Å². The lowest BCUT2D eigenvalue weighted by Crippen LogP contribution is -2.34. The molecule has 110 valence electrons. The fourth-order valence-corrected chi connectivity index (χ4v) is 3.52. The number of rotatable bonds is 3. The number of fused-ring (bicyclic) bond motifs is 1. The van der Waals surface area contributed by atoms with Gasteiger partial charge in [0.15, 0.2) is 0 Å². The van der Waals surface area contributed by atoms with E-state index in [1.807, 2.05) is 6.07 Å². The monoisotopic (exact) mass is 296 g/mol. The summed E-state index contributed by atoms with van der Waals surface area (Å²) >= 11 is 0. The van der Waals surface area contributed by atoms with Gasteiger partial charge >= 0.3 is 0 Å². The van der Waals surface area contributed by atoms with Gasteiger partial charge in [0.05, 0.1) is 11.0 Å². The van der Waals surface area contributed by atoms with Crippen LogP contribution in [0, 0.1) is 0 Å². The molecule has 0 bridgehead atoms. The van der Waals surface area contributed by atoms with Crippen LogP contribution < -0.4 is 10.0 Å². The van der Waals surface area contributed by atoms with E-state index in [1.165, 1.54) is 12.0 Å². The molecule has 0 radical (unpaired) electrons. The summed E-state index contributed by atoms with van der Waals surface area (Å²) in [6, 6.07) is 5.16. The van der Waals surface area contributed by atoms with E-state index in [9.17, 15) is 8.42 Å². The smallest absolute Gasteiger partial charge is 0.238 e. The van der Waals surface area contributed by atoms with Crippen molar-refractivity contribution < 1.29 is 13.2 Å². The van der Waals surface area contributed by atoms with Gasteiger partial charge in [0, 0.05) is 25.4 Å². The third-order valence-electron chi connectivity index (χ3n) is 4.08. The highest BCUT2D eigenvalue weighted by Crippen LogP contribution is 2.31. The van der Waals surface area contributed by atoms with E-state index in [0.29, 0.717) is 0 Å². The van der Waals surface area contributed by atoms with Crippen molar-refractivity contribution in [3.8, 4) is 0 Å². The van der Waals surface area contributed by atoms with E-state index in [0.717, 1.165) is 44.6 Å². The zero-order valence-electron chi connectivity index (χ0n) is 11.4. The Morgan fingerprint density at radius 1 is 1.35 bits per heavy atom. The van der Waals surface area contributed by atoms with Crippen LogP contribution in [0.1, 0.15) is 24.8 Å². The molecule has 0 aliphatic carbocycles. The van der Waals surface area contributed by atoms with E-state index in [4.69, 9.17) is 9.88 Å². The van der Waals surface area contributed by atoms with Crippen LogP contribution in [0.4, 0.5) is 5.69 Å². The molecule has 2 N–H and O–H groups in total. The van der Waals surface area contributed by atoms with Crippen molar-refractivity contribution in [1.29, 1.82) is 0 Å². The van der Waals surface area contributed by atoms with E-state index in [1.54, 1.807) is 12.1 Å². The van der Waals surface area contributed by atoms with E-state index >= 15 is 0 Å². The minimum atomic E-state index is -3.64. The first kappa shape index (κ1) is 13.9. The lowest BCUT2D eigenvalue weighted by atomic mass is 10.1. The minimum absolute atomic E-state index is 0.188. The van der Waals surface area contributed by atoms with Crippen molar-refractivity contribution in [2.75, 3.05) is 24.6 Å². The second-order valence-corrected chi connectivity index (χ2v) is 7.08. The second kappa shape index (κ2) is 5.35. The summed E-state index contributed by atoms with van der Waals surface area (Å²) in [6.07, 6.45) is 4.65. The zero-order valence-corrected chi connectivity index (χ0v) is 12.2. The van der Waals surface area contributed by atoms with Gasteiger partial charge in [-0.1, -0.05) is 6.07 Å². The number of primary sulfonamides is 1. The van der Waals surface area contributed by atoms with Gasteiger partial charge in [-0.3, -0.25) is 0 Å². The molecule has 0 spiro atoms. The normalized spacial score (nSPS) is 22.9. The highest BCUT2D eigenvalue weighted by molar-refractivity contribution is 7.89. The number of nitrogens with zero attached hydrogens (tertiary/aromatic N) is 1. The molecule has 1 aromatic carbocycles. The maximum absolute atomic E-state index is 11.5. The van der Waals surface area contributed by atoms with E-state index in [-0.39, 0.29) is 11.0 Å². The highest BCUT2D eigenvalue weighted by atomic mass is 32.2. The maximum Gasteiger partial charge on any atom is 0.238 e. The van der Waals surface area contributed by atoms with Gasteiger partial charge in [0.1, 0.15) is 0 Å². The van der Waals surface area contributed by atoms with Gasteiger partial charge in [-0.25, -0.2) is 13.6 Å². The van der Waals surface area contributed by atoms with Crippen LogP contribution in [-0.4, -0.2) is 34.2 Å². The molecule has 5 nitrogen and oxygen atoms in total. The van der Waals surface area contributed by atoms with Crippen molar-refractivity contribution in [2.24, 2.45) is 5.14 Å². The van der Waals surface area contributed by atoms with Crippen molar-refractivity contribution in [3.05, 3.63) is 23.8 Å². The Morgan fingerprint density at radius 2 is 2.20 bits per heavy atom. The Labute approximate surface area is 119 Å². The summed E-state index contributed by atoms with van der Waals surface area (Å²) in [7, 11) is -3.64. The zero-order chi connectivity index (χ0) is 14.2. The first-order chi connectivity index (χ1) is 9.54. The molecule has 6 heteroatoms. The summed E-state index contributed by atoms with van der Waals surface area (Å²) in [5.74, 6) is 0. The number of nitrogens with two attached hydrogens (primary N) is 1. The molecule has 0 saturated carbocycles. The van der Waals surface area contributed by atoms with Crippen molar-refractivity contribution in [1.82, 2.24) is 0 Å². The third-order valence-corrected chi connectivity index (χ3v) is 4.99. The second-order valence-electron chi connectivity index (χ2n) is 5.52. The molecule has 1 fully saturated rings. The molecule has 0 amide bonds. The molecule has 1 unspecified atom stereocenters. The minimum Gasteiger partial charge on any atom is -0.376 e. The number of hydrogen-bond acceptors (Lipinski definition) is 4. The summed E-state index contributed by atoms with van der Waals surface area (Å²) in [5.41, 5.74) is 2.18. The molecule has 0 aromatic heterocycles. The van der Waals surface area contributed by atoms with E-state index < -0.39 is 10.0 Å². The summed E-state index contributed by atoms with van der Waals surface area (Å²) < 4.78 is 28.7. The summed E-state index contributed by atoms with van der Waals surface area (Å²) in [4.78, 5) is 2.41. The van der Waals surface area contributed by atoms with Crippen LogP contribution in [0.5, 0.6) is 0 Å². The first-order valence-electron chi connectivity index (χ1n) is 7.06. The Morgan fingerprint density at radius 3 is 2.90 bits per heavy atom. The SMILES string of the molecule is NS(=O)(=O)c1ccc2c(c1)N(CC1CCCCO1)CC2. The molecule has 2 aliphatic heterocycles. The van der Waals surface area contributed by atoms with Gasteiger partial charge in [0.2, 0.25) is 10.0 Å². The Kier molecular flexibility index (Phi) is 3.70. The fraction of sp³-hybridized carbons (Fsp3) is 0.571. The molecule has 1 atom stereocenters. The topological polar surface area (TPSA) is 72.6 Å².